The second kappa shape index (κ2) is 6.24. The van der Waals surface area contributed by atoms with E-state index < -0.39 is 10.0 Å². The zero-order valence-corrected chi connectivity index (χ0v) is 14.4. The Kier molecular flexibility index (Phi) is 4.98. The molecule has 0 amide bonds. The molecule has 1 N–H and O–H groups in total. The minimum absolute atomic E-state index is 0.319. The van der Waals surface area contributed by atoms with E-state index in [4.69, 9.17) is 11.6 Å². The number of sulfonamides is 1. The van der Waals surface area contributed by atoms with Gasteiger partial charge in [0.15, 0.2) is 0 Å². The average Bonchev–Trinajstić information content (AvgIpc) is 2.78. The van der Waals surface area contributed by atoms with E-state index in [1.807, 2.05) is 20.8 Å². The first-order valence-electron chi connectivity index (χ1n) is 7.31. The summed E-state index contributed by atoms with van der Waals surface area (Å²) in [6.07, 6.45) is 1.80. The third-order valence-corrected chi connectivity index (χ3v) is 6.47. The summed E-state index contributed by atoms with van der Waals surface area (Å²) < 4.78 is 27.3. The maximum Gasteiger partial charge on any atom is 0.243 e. The Bertz CT molecular complexity index is 614. The predicted molar refractivity (Wildman–Crippen MR) is 86.0 cm³/mol. The molecule has 1 fully saturated rings. The highest BCUT2D eigenvalue weighted by Crippen LogP contribution is 2.34. The standard InChI is InChI=1S/C15H23ClN2O2S/c1-4-17-11-12-10-13(6-7-14(12)16)21(19,20)18-9-5-8-15(18,2)3/h6-7,10,17H,4-5,8-9,11H2,1-3H3. The number of benzene rings is 1. The molecule has 1 saturated heterocycles. The van der Waals surface area contributed by atoms with Gasteiger partial charge in [-0.15, -0.1) is 0 Å². The molecular formula is C15H23ClN2O2S. The van der Waals surface area contributed by atoms with Crippen LogP contribution in [0.5, 0.6) is 0 Å². The van der Waals surface area contributed by atoms with Crippen LogP contribution in [0.3, 0.4) is 0 Å². The SMILES string of the molecule is CCNCc1cc(S(=O)(=O)N2CCCC2(C)C)ccc1Cl. The minimum Gasteiger partial charge on any atom is -0.313 e. The molecule has 0 bridgehead atoms. The summed E-state index contributed by atoms with van der Waals surface area (Å²) in [5.41, 5.74) is 0.497. The van der Waals surface area contributed by atoms with Gasteiger partial charge < -0.3 is 5.32 Å². The van der Waals surface area contributed by atoms with Gasteiger partial charge in [0.1, 0.15) is 0 Å². The van der Waals surface area contributed by atoms with E-state index in [-0.39, 0.29) is 5.54 Å². The van der Waals surface area contributed by atoms with E-state index >= 15 is 0 Å². The maximum atomic E-state index is 12.8. The van der Waals surface area contributed by atoms with Gasteiger partial charge in [0, 0.05) is 23.7 Å². The molecule has 6 heteroatoms. The van der Waals surface area contributed by atoms with Gasteiger partial charge in [-0.3, -0.25) is 0 Å². The second-order valence-electron chi connectivity index (χ2n) is 6.03. The van der Waals surface area contributed by atoms with Crippen LogP contribution in [0.2, 0.25) is 5.02 Å². The van der Waals surface area contributed by atoms with Crippen LogP contribution in [-0.2, 0) is 16.6 Å². The number of hydrogen-bond acceptors (Lipinski definition) is 3. The molecular weight excluding hydrogens is 308 g/mol. The maximum absolute atomic E-state index is 12.8. The van der Waals surface area contributed by atoms with Gasteiger partial charge in [-0.05, 0) is 57.0 Å². The fourth-order valence-electron chi connectivity index (χ4n) is 2.76. The average molecular weight is 331 g/mol. The smallest absolute Gasteiger partial charge is 0.243 e. The molecule has 2 rings (SSSR count). The second-order valence-corrected chi connectivity index (χ2v) is 8.30. The summed E-state index contributed by atoms with van der Waals surface area (Å²) in [4.78, 5) is 0.328. The topological polar surface area (TPSA) is 49.4 Å². The molecule has 0 saturated carbocycles. The molecule has 0 unspecified atom stereocenters. The Labute approximate surface area is 132 Å². The molecule has 0 atom stereocenters. The highest BCUT2D eigenvalue weighted by Gasteiger charge is 2.40. The van der Waals surface area contributed by atoms with Crippen molar-refractivity contribution in [1.82, 2.24) is 9.62 Å². The van der Waals surface area contributed by atoms with Crippen molar-refractivity contribution in [2.24, 2.45) is 0 Å². The number of hydrogen-bond donors (Lipinski definition) is 1. The van der Waals surface area contributed by atoms with Crippen LogP contribution >= 0.6 is 11.6 Å². The number of nitrogens with one attached hydrogen (secondary N) is 1. The first kappa shape index (κ1) is 16.7. The molecule has 4 nitrogen and oxygen atoms in total. The van der Waals surface area contributed by atoms with E-state index in [0.29, 0.717) is 23.0 Å². The summed E-state index contributed by atoms with van der Waals surface area (Å²) in [5, 5.41) is 3.77. The van der Waals surface area contributed by atoms with Crippen LogP contribution in [0.4, 0.5) is 0 Å². The van der Waals surface area contributed by atoms with Crippen LogP contribution in [0, 0.1) is 0 Å². The van der Waals surface area contributed by atoms with Crippen molar-refractivity contribution in [1.29, 1.82) is 0 Å². The van der Waals surface area contributed by atoms with Crippen molar-refractivity contribution in [2.75, 3.05) is 13.1 Å². The van der Waals surface area contributed by atoms with E-state index in [1.54, 1.807) is 22.5 Å². The van der Waals surface area contributed by atoms with Gasteiger partial charge in [0.05, 0.1) is 4.90 Å². The first-order chi connectivity index (χ1) is 9.79. The van der Waals surface area contributed by atoms with Gasteiger partial charge >= 0.3 is 0 Å². The van der Waals surface area contributed by atoms with Crippen LogP contribution in [0.15, 0.2) is 23.1 Å². The Morgan fingerprint density at radius 1 is 1.38 bits per heavy atom. The zero-order valence-electron chi connectivity index (χ0n) is 12.8. The Morgan fingerprint density at radius 3 is 2.67 bits per heavy atom. The molecule has 1 aromatic carbocycles. The van der Waals surface area contributed by atoms with E-state index in [2.05, 4.69) is 5.32 Å². The quantitative estimate of drug-likeness (QED) is 0.902. The van der Waals surface area contributed by atoms with Crippen molar-refractivity contribution >= 4 is 21.6 Å². The highest BCUT2D eigenvalue weighted by molar-refractivity contribution is 7.89. The number of halogens is 1. The molecule has 0 radical (unpaired) electrons. The molecule has 0 aromatic heterocycles. The molecule has 1 aromatic rings. The predicted octanol–water partition coefficient (Wildman–Crippen LogP) is 3.01. The Balaban J connectivity index is 2.36. The lowest BCUT2D eigenvalue weighted by atomic mass is 10.0. The summed E-state index contributed by atoms with van der Waals surface area (Å²) in [6.45, 7) is 7.93. The van der Waals surface area contributed by atoms with Gasteiger partial charge in [-0.2, -0.15) is 4.31 Å². The lowest BCUT2D eigenvalue weighted by Crippen LogP contribution is -2.42. The molecule has 118 valence electrons. The van der Waals surface area contributed by atoms with Crippen molar-refractivity contribution in [3.63, 3.8) is 0 Å². The van der Waals surface area contributed by atoms with Gasteiger partial charge in [0.25, 0.3) is 0 Å². The third-order valence-electron chi connectivity index (χ3n) is 4.00. The van der Waals surface area contributed by atoms with E-state index in [9.17, 15) is 8.42 Å². The number of nitrogens with zero attached hydrogens (tertiary/aromatic N) is 1. The molecule has 0 spiro atoms. The van der Waals surface area contributed by atoms with Crippen molar-refractivity contribution in [3.05, 3.63) is 28.8 Å². The highest BCUT2D eigenvalue weighted by atomic mass is 35.5. The Hall–Kier alpha value is -0.620. The zero-order chi connectivity index (χ0) is 15.7. The van der Waals surface area contributed by atoms with Crippen LogP contribution in [-0.4, -0.2) is 31.4 Å². The molecule has 0 aliphatic carbocycles. The van der Waals surface area contributed by atoms with Crippen LogP contribution in [0.1, 0.15) is 39.2 Å². The lowest BCUT2D eigenvalue weighted by Gasteiger charge is -2.30. The summed E-state index contributed by atoms with van der Waals surface area (Å²) in [5.74, 6) is 0. The first-order valence-corrected chi connectivity index (χ1v) is 9.13. The summed E-state index contributed by atoms with van der Waals surface area (Å²) >= 11 is 6.15. The van der Waals surface area contributed by atoms with Crippen LogP contribution < -0.4 is 5.32 Å². The van der Waals surface area contributed by atoms with Crippen molar-refractivity contribution < 1.29 is 8.42 Å². The fraction of sp³-hybridized carbons (Fsp3) is 0.600. The molecule has 21 heavy (non-hydrogen) atoms. The lowest BCUT2D eigenvalue weighted by molar-refractivity contribution is 0.291. The minimum atomic E-state index is -3.46. The monoisotopic (exact) mass is 330 g/mol. The van der Waals surface area contributed by atoms with Gasteiger partial charge in [-0.1, -0.05) is 18.5 Å². The van der Waals surface area contributed by atoms with Crippen molar-refractivity contribution in [3.8, 4) is 0 Å². The molecule has 1 aliphatic rings. The van der Waals surface area contributed by atoms with E-state index in [0.717, 1.165) is 24.9 Å². The molecule has 1 heterocycles. The Morgan fingerprint density at radius 2 is 2.10 bits per heavy atom. The van der Waals surface area contributed by atoms with E-state index in [1.165, 1.54) is 0 Å². The third kappa shape index (κ3) is 3.42. The normalized spacial score (nSPS) is 19.0. The molecule has 1 aliphatic heterocycles. The number of rotatable bonds is 5. The largest absolute Gasteiger partial charge is 0.313 e. The van der Waals surface area contributed by atoms with Crippen LogP contribution in [0.25, 0.3) is 0 Å². The fourth-order valence-corrected chi connectivity index (χ4v) is 4.84. The van der Waals surface area contributed by atoms with Crippen molar-refractivity contribution in [2.45, 2.75) is 50.6 Å². The summed E-state index contributed by atoms with van der Waals surface area (Å²) in [7, 11) is -3.46. The van der Waals surface area contributed by atoms with Gasteiger partial charge in [0.2, 0.25) is 10.0 Å². The van der Waals surface area contributed by atoms with Gasteiger partial charge in [-0.25, -0.2) is 8.42 Å². The summed E-state index contributed by atoms with van der Waals surface area (Å²) in [6, 6.07) is 4.96.